The molecule has 3 aromatic rings. The second kappa shape index (κ2) is 11.4. The number of rotatable bonds is 10. The van der Waals surface area contributed by atoms with Gasteiger partial charge in [0.05, 0.1) is 12.2 Å². The molecule has 3 rings (SSSR count). The number of furan rings is 1. The topological polar surface area (TPSA) is 99.0 Å². The van der Waals surface area contributed by atoms with Gasteiger partial charge in [-0.05, 0) is 43.3 Å². The zero-order valence-electron chi connectivity index (χ0n) is 17.1. The van der Waals surface area contributed by atoms with Crippen LogP contribution in [-0.4, -0.2) is 31.6 Å². The number of carbonyl (C=O) groups excluding carboxylic acids is 2. The highest BCUT2D eigenvalue weighted by molar-refractivity contribution is 5.99. The molecule has 0 saturated heterocycles. The molecule has 1 aromatic heterocycles. The molecular weight excluding hydrogens is 400 g/mol. The van der Waals surface area contributed by atoms with Crippen LogP contribution in [0.2, 0.25) is 0 Å². The third kappa shape index (κ3) is 6.61. The Bertz CT molecular complexity index is 986. The van der Waals surface area contributed by atoms with Crippen LogP contribution in [0.15, 0.2) is 71.1 Å². The number of carbonyl (C=O) groups is 2. The van der Waals surface area contributed by atoms with Gasteiger partial charge in [-0.1, -0.05) is 30.3 Å². The highest BCUT2D eigenvalue weighted by Gasteiger charge is 2.16. The summed E-state index contributed by atoms with van der Waals surface area (Å²) in [6, 6.07) is 19.2. The molecule has 0 aliphatic rings. The summed E-state index contributed by atoms with van der Waals surface area (Å²) in [5.41, 5.74) is 4.99. The number of hydrogen-bond acceptors (Lipinski definition) is 6. The third-order valence-corrected chi connectivity index (χ3v) is 4.12. The Morgan fingerprint density at radius 1 is 0.839 bits per heavy atom. The van der Waals surface area contributed by atoms with E-state index in [1.54, 1.807) is 30.3 Å². The van der Waals surface area contributed by atoms with Gasteiger partial charge in [0.25, 0.3) is 5.91 Å². The molecule has 0 radical (unpaired) electrons. The SMILES string of the molecule is CCOCCOc1ccccc1C(=O)NNC(=O)c1ccc(COc2ccccc2)o1. The van der Waals surface area contributed by atoms with Gasteiger partial charge < -0.3 is 18.6 Å². The molecule has 1 heterocycles. The number of hydrogen-bond donors (Lipinski definition) is 2. The van der Waals surface area contributed by atoms with Crippen molar-refractivity contribution in [3.05, 3.63) is 83.8 Å². The molecule has 0 aliphatic carbocycles. The van der Waals surface area contributed by atoms with Crippen molar-refractivity contribution in [3.8, 4) is 11.5 Å². The van der Waals surface area contributed by atoms with Crippen molar-refractivity contribution in [1.29, 1.82) is 0 Å². The largest absolute Gasteiger partial charge is 0.490 e. The van der Waals surface area contributed by atoms with Gasteiger partial charge in [0, 0.05) is 6.61 Å². The number of para-hydroxylation sites is 2. The minimum absolute atomic E-state index is 0.0493. The van der Waals surface area contributed by atoms with Crippen LogP contribution >= 0.6 is 0 Å². The van der Waals surface area contributed by atoms with Crippen molar-refractivity contribution in [1.82, 2.24) is 10.9 Å². The van der Waals surface area contributed by atoms with Crippen LogP contribution in [0.3, 0.4) is 0 Å². The summed E-state index contributed by atoms with van der Waals surface area (Å²) in [5, 5.41) is 0. The lowest BCUT2D eigenvalue weighted by Crippen LogP contribution is -2.41. The van der Waals surface area contributed by atoms with Gasteiger partial charge in [0.15, 0.2) is 5.76 Å². The smallest absolute Gasteiger partial charge is 0.305 e. The predicted octanol–water partition coefficient (Wildman–Crippen LogP) is 3.35. The fourth-order valence-corrected chi connectivity index (χ4v) is 2.63. The molecule has 8 heteroatoms. The highest BCUT2D eigenvalue weighted by Crippen LogP contribution is 2.18. The molecule has 31 heavy (non-hydrogen) atoms. The summed E-state index contributed by atoms with van der Waals surface area (Å²) in [5.74, 6) is 0.516. The lowest BCUT2D eigenvalue weighted by Gasteiger charge is -2.12. The normalized spacial score (nSPS) is 10.4. The molecule has 2 N–H and O–H groups in total. The molecular formula is C23H24N2O6. The van der Waals surface area contributed by atoms with E-state index in [-0.39, 0.29) is 17.9 Å². The first kappa shape index (κ1) is 21.9. The summed E-state index contributed by atoms with van der Waals surface area (Å²) in [4.78, 5) is 24.8. The van der Waals surface area contributed by atoms with Crippen molar-refractivity contribution in [3.63, 3.8) is 0 Å². The maximum atomic E-state index is 12.5. The van der Waals surface area contributed by atoms with E-state index < -0.39 is 11.8 Å². The second-order valence-electron chi connectivity index (χ2n) is 6.32. The monoisotopic (exact) mass is 424 g/mol. The van der Waals surface area contributed by atoms with Crippen molar-refractivity contribution in [2.75, 3.05) is 19.8 Å². The molecule has 0 aliphatic heterocycles. The Morgan fingerprint density at radius 2 is 1.58 bits per heavy atom. The van der Waals surface area contributed by atoms with Crippen molar-refractivity contribution >= 4 is 11.8 Å². The van der Waals surface area contributed by atoms with E-state index in [0.29, 0.717) is 37.1 Å². The standard InChI is InChI=1S/C23H24N2O6/c1-2-28-14-15-29-20-11-7-6-10-19(20)22(26)24-25-23(27)21-13-12-18(31-21)16-30-17-8-4-3-5-9-17/h3-13H,2,14-16H2,1H3,(H,24,26)(H,25,27). The van der Waals surface area contributed by atoms with Gasteiger partial charge in [0.2, 0.25) is 0 Å². The Morgan fingerprint density at radius 3 is 2.39 bits per heavy atom. The molecule has 0 unspecified atom stereocenters. The average Bonchev–Trinajstić information content (AvgIpc) is 3.29. The summed E-state index contributed by atoms with van der Waals surface area (Å²) in [6.07, 6.45) is 0. The van der Waals surface area contributed by atoms with E-state index in [4.69, 9.17) is 18.6 Å². The van der Waals surface area contributed by atoms with E-state index in [9.17, 15) is 9.59 Å². The van der Waals surface area contributed by atoms with E-state index in [0.717, 1.165) is 0 Å². The van der Waals surface area contributed by atoms with E-state index in [1.807, 2.05) is 37.3 Å². The number of nitrogens with one attached hydrogen (secondary N) is 2. The van der Waals surface area contributed by atoms with Crippen LogP contribution in [0.5, 0.6) is 11.5 Å². The molecule has 0 bridgehead atoms. The van der Waals surface area contributed by atoms with Gasteiger partial charge in [0.1, 0.15) is 30.5 Å². The van der Waals surface area contributed by atoms with Gasteiger partial charge in [-0.25, -0.2) is 0 Å². The summed E-state index contributed by atoms with van der Waals surface area (Å²) < 4.78 is 21.9. The first-order valence-corrected chi connectivity index (χ1v) is 9.84. The number of hydrazine groups is 1. The minimum Gasteiger partial charge on any atom is -0.490 e. The van der Waals surface area contributed by atoms with Gasteiger partial charge in [-0.15, -0.1) is 0 Å². The maximum absolute atomic E-state index is 12.5. The van der Waals surface area contributed by atoms with Crippen molar-refractivity contribution < 1.29 is 28.2 Å². The molecule has 2 aromatic carbocycles. The second-order valence-corrected chi connectivity index (χ2v) is 6.32. The molecule has 0 fully saturated rings. The molecule has 0 atom stereocenters. The van der Waals surface area contributed by atoms with Crippen LogP contribution < -0.4 is 20.3 Å². The first-order valence-electron chi connectivity index (χ1n) is 9.84. The molecule has 0 saturated carbocycles. The van der Waals surface area contributed by atoms with Crippen molar-refractivity contribution in [2.24, 2.45) is 0 Å². The number of benzene rings is 2. The van der Waals surface area contributed by atoms with Crippen LogP contribution in [-0.2, 0) is 11.3 Å². The Balaban J connectivity index is 1.50. The van der Waals surface area contributed by atoms with E-state index in [2.05, 4.69) is 10.9 Å². The number of amides is 2. The predicted molar refractivity (Wildman–Crippen MR) is 113 cm³/mol. The molecule has 8 nitrogen and oxygen atoms in total. The Kier molecular flexibility index (Phi) is 8.07. The lowest BCUT2D eigenvalue weighted by molar-refractivity contribution is 0.0823. The maximum Gasteiger partial charge on any atom is 0.305 e. The van der Waals surface area contributed by atoms with E-state index >= 15 is 0 Å². The minimum atomic E-state index is -0.589. The van der Waals surface area contributed by atoms with Gasteiger partial charge in [-0.3, -0.25) is 20.4 Å². The summed E-state index contributed by atoms with van der Waals surface area (Å²) in [7, 11) is 0. The molecule has 0 spiro atoms. The molecule has 162 valence electrons. The third-order valence-electron chi connectivity index (χ3n) is 4.12. The van der Waals surface area contributed by atoms with Crippen LogP contribution in [0.25, 0.3) is 0 Å². The fourth-order valence-electron chi connectivity index (χ4n) is 2.63. The van der Waals surface area contributed by atoms with Crippen molar-refractivity contribution in [2.45, 2.75) is 13.5 Å². The Hall–Kier alpha value is -3.78. The number of ether oxygens (including phenoxy) is 3. The quantitative estimate of drug-likeness (QED) is 0.383. The first-order chi connectivity index (χ1) is 15.2. The van der Waals surface area contributed by atoms with Crippen LogP contribution in [0.1, 0.15) is 33.6 Å². The highest BCUT2D eigenvalue weighted by atomic mass is 16.5. The van der Waals surface area contributed by atoms with Crippen LogP contribution in [0, 0.1) is 0 Å². The zero-order valence-corrected chi connectivity index (χ0v) is 17.1. The summed E-state index contributed by atoms with van der Waals surface area (Å²) in [6.45, 7) is 3.38. The van der Waals surface area contributed by atoms with Gasteiger partial charge >= 0.3 is 5.91 Å². The Labute approximate surface area is 180 Å². The van der Waals surface area contributed by atoms with Gasteiger partial charge in [-0.2, -0.15) is 0 Å². The van der Waals surface area contributed by atoms with E-state index in [1.165, 1.54) is 6.07 Å². The molecule has 2 amide bonds. The summed E-state index contributed by atoms with van der Waals surface area (Å²) >= 11 is 0. The van der Waals surface area contributed by atoms with Crippen LogP contribution in [0.4, 0.5) is 0 Å². The lowest BCUT2D eigenvalue weighted by atomic mass is 10.2. The average molecular weight is 424 g/mol. The zero-order chi connectivity index (χ0) is 21.9. The fraction of sp³-hybridized carbons (Fsp3) is 0.217.